The summed E-state index contributed by atoms with van der Waals surface area (Å²) >= 11 is 0. The zero-order chi connectivity index (χ0) is 85.4. The van der Waals surface area contributed by atoms with Gasteiger partial charge in [-0.25, -0.2) is 34.9 Å². The normalized spacial score (nSPS) is 11.5. The number of furan rings is 1. The van der Waals surface area contributed by atoms with Gasteiger partial charge in [-0.05, 0) is 173 Å². The Bertz CT molecular complexity index is 3630. The van der Waals surface area contributed by atoms with Gasteiger partial charge in [0.15, 0.2) is 0 Å². The molecule has 0 amide bonds. The van der Waals surface area contributed by atoms with Crippen molar-refractivity contribution in [2.75, 3.05) is 0 Å². The fraction of sp³-hybridized carbons (Fsp3) is 0.505. The first-order valence-electron chi connectivity index (χ1n) is 38.9. The minimum Gasteiger partial charge on any atom is -0.469 e. The van der Waals surface area contributed by atoms with E-state index in [2.05, 4.69) is 356 Å². The molecule has 2 N–H and O–H groups in total. The second-order valence-electron chi connectivity index (χ2n) is 37.8. The van der Waals surface area contributed by atoms with Gasteiger partial charge in [-0.3, -0.25) is 24.7 Å². The van der Waals surface area contributed by atoms with Crippen LogP contribution in [0.25, 0.3) is 0 Å². The Morgan fingerprint density at radius 2 is 0.929 bits per heavy atom. The summed E-state index contributed by atoms with van der Waals surface area (Å²) in [5.41, 5.74) is 9.36. The molecule has 0 unspecified atom stereocenters. The number of hydrogen-bond donors (Lipinski definition) is 2. The summed E-state index contributed by atoms with van der Waals surface area (Å²) in [6.07, 6.45) is 44.4. The maximum absolute atomic E-state index is 5.09. The van der Waals surface area contributed by atoms with Crippen LogP contribution in [-0.4, -0.2) is 88.5 Å². The summed E-state index contributed by atoms with van der Waals surface area (Å²) in [6, 6.07) is 26.0. The summed E-state index contributed by atoms with van der Waals surface area (Å²) in [6.45, 7) is 73.2. The average molecular weight is 1530 g/mol. The Morgan fingerprint density at radius 3 is 1.19 bits per heavy atom. The Labute approximate surface area is 677 Å². The van der Waals surface area contributed by atoms with Crippen LogP contribution < -0.4 is 0 Å². The summed E-state index contributed by atoms with van der Waals surface area (Å²) in [4.78, 5) is 43.5. The third-order valence-electron chi connectivity index (χ3n) is 16.1. The molecule has 0 aliphatic rings. The van der Waals surface area contributed by atoms with E-state index >= 15 is 0 Å². The lowest BCUT2D eigenvalue weighted by atomic mass is 9.88. The predicted octanol–water partition coefficient (Wildman–Crippen LogP) is 23.6. The molecule has 0 saturated carbocycles. The number of hydrogen-bond acceptors (Lipinski definition) is 13. The minimum absolute atomic E-state index is 0.0707. The number of aromatic amines is 2. The number of aryl methyl sites for hydroxylation is 1. The van der Waals surface area contributed by atoms with Gasteiger partial charge in [0.05, 0.1) is 30.7 Å². The molecule has 0 aliphatic heterocycles. The molecule has 0 aromatic carbocycles. The predicted molar refractivity (Wildman–Crippen MR) is 469 cm³/mol. The average Bonchev–Trinajstić information content (AvgIpc) is 1.60. The van der Waals surface area contributed by atoms with Crippen LogP contribution in [-0.2, 0) is 61.6 Å². The standard InChI is InChI=1S/3C9H13N.C8H14N2.2C8H12N2.C8H13N.3C7H12N2.C7H10O.C6H10N2/c1-9(2,3)8-4-6-10-7-5-8;1-9(2,3)8-5-4-6-10-7-8;1-9(2,3)8-6-4-5-7-10-8;1-8(2,3)7-5-9-6-10(7)4;1-8(2,3)7-4-9-6-10-5-7;1-8(2,3)7-9-5-4-6-10-7;1-8(2,3)9-6-4-5-7-9;1-7(2,3)6-4-8-9-5-6;1-7(2,3)9-5-4-8-6-9;1-7(2,3)9-6-4-5-8-9;1-6(2)7-4-3-5-8-7;1-5(2)6-7-3-4-8-6/h3*4-7H,1-3H3;5-6H,1-4H3;2*4-6H,1-3H3;4-7H,1-3H3;4-5H,1-3H3,(H,8,9);2*4-6H,1-3H3;3-6H,1-2H3;3-5H,1-2H3,(H,7,8). The van der Waals surface area contributed by atoms with Gasteiger partial charge in [0.25, 0.3) is 0 Å². The van der Waals surface area contributed by atoms with E-state index in [-0.39, 0.29) is 54.5 Å². The lowest BCUT2D eigenvalue weighted by Gasteiger charge is -2.20. The first kappa shape index (κ1) is 100. The van der Waals surface area contributed by atoms with Crippen LogP contribution in [0.3, 0.4) is 0 Å². The molecule has 0 atom stereocenters. The summed E-state index contributed by atoms with van der Waals surface area (Å²) < 4.78 is 13.4. The number of rotatable bonds is 2. The highest BCUT2D eigenvalue weighted by atomic mass is 16.3. The van der Waals surface area contributed by atoms with Crippen LogP contribution in [0.4, 0.5) is 0 Å². The van der Waals surface area contributed by atoms with Crippen LogP contribution >= 0.6 is 0 Å². The van der Waals surface area contributed by atoms with Gasteiger partial charge in [0, 0.05) is 175 Å². The molecular weight excluding hydrogens is 1390 g/mol. The van der Waals surface area contributed by atoms with Crippen molar-refractivity contribution >= 4 is 0 Å². The second-order valence-corrected chi connectivity index (χ2v) is 37.8. The van der Waals surface area contributed by atoms with E-state index in [4.69, 9.17) is 4.42 Å². The number of pyridine rings is 3. The zero-order valence-corrected chi connectivity index (χ0v) is 75.6. The number of aromatic nitrogens is 18. The molecule has 12 aromatic rings. The molecule has 12 aromatic heterocycles. The molecule has 0 fully saturated rings. The summed E-state index contributed by atoms with van der Waals surface area (Å²) in [7, 11) is 2.02. The van der Waals surface area contributed by atoms with Crippen molar-refractivity contribution in [2.24, 2.45) is 7.05 Å². The zero-order valence-electron chi connectivity index (χ0n) is 75.6. The van der Waals surface area contributed by atoms with Gasteiger partial charge in [-0.15, -0.1) is 0 Å². The summed E-state index contributed by atoms with van der Waals surface area (Å²) in [5.74, 6) is 4.06. The smallest absolute Gasteiger partial charge is 0.133 e. The topological polar surface area (TPSA) is 219 Å². The van der Waals surface area contributed by atoms with E-state index in [0.717, 1.165) is 23.1 Å². The minimum atomic E-state index is 0.0707. The van der Waals surface area contributed by atoms with E-state index in [9.17, 15) is 0 Å². The van der Waals surface area contributed by atoms with E-state index < -0.39 is 0 Å². The largest absolute Gasteiger partial charge is 0.469 e. The van der Waals surface area contributed by atoms with Gasteiger partial charge >= 0.3 is 0 Å². The van der Waals surface area contributed by atoms with Crippen LogP contribution in [0.5, 0.6) is 0 Å². The molecular formula is C93H146N18O. The number of H-pyrrole nitrogens is 2. The van der Waals surface area contributed by atoms with Crippen LogP contribution in [0.1, 0.15) is 298 Å². The van der Waals surface area contributed by atoms with Crippen molar-refractivity contribution in [3.63, 3.8) is 0 Å². The Balaban J connectivity index is 0.000000611. The lowest BCUT2D eigenvalue weighted by Crippen LogP contribution is -2.21. The van der Waals surface area contributed by atoms with Gasteiger partial charge in [0.2, 0.25) is 0 Å². The molecule has 19 heteroatoms. The molecule has 0 saturated heterocycles. The van der Waals surface area contributed by atoms with Crippen LogP contribution in [0, 0.1) is 0 Å². The van der Waals surface area contributed by atoms with E-state index in [1.165, 1.54) is 27.9 Å². The van der Waals surface area contributed by atoms with E-state index in [1.54, 1.807) is 49.8 Å². The second kappa shape index (κ2) is 46.9. The van der Waals surface area contributed by atoms with Gasteiger partial charge in [-0.2, -0.15) is 10.2 Å². The van der Waals surface area contributed by atoms with Crippen molar-refractivity contribution in [2.45, 2.75) is 302 Å². The molecule has 12 heterocycles. The van der Waals surface area contributed by atoms with Crippen molar-refractivity contribution in [1.29, 1.82) is 0 Å². The monoisotopic (exact) mass is 1530 g/mol. The van der Waals surface area contributed by atoms with Crippen LogP contribution in [0.2, 0.25) is 0 Å². The number of nitrogens with zero attached hydrogens (tertiary/aromatic N) is 16. The highest BCUT2D eigenvalue weighted by molar-refractivity contribution is 5.20. The lowest BCUT2D eigenvalue weighted by molar-refractivity contribution is 0.355. The maximum atomic E-state index is 5.09. The van der Waals surface area contributed by atoms with Crippen molar-refractivity contribution in [3.05, 3.63) is 279 Å². The van der Waals surface area contributed by atoms with Gasteiger partial charge in [-0.1, -0.05) is 185 Å². The molecule has 0 spiro atoms. The molecule has 0 radical (unpaired) electrons. The molecule has 112 heavy (non-hydrogen) atoms. The van der Waals surface area contributed by atoms with Crippen molar-refractivity contribution < 1.29 is 4.42 Å². The van der Waals surface area contributed by atoms with Crippen molar-refractivity contribution in [3.8, 4) is 0 Å². The SMILES string of the molecule is CC(C)(C)c1ccccn1.CC(C)(C)c1cccnc1.CC(C)(C)c1ccncc1.CC(C)(C)c1cn[nH]c1.CC(C)(C)c1cncnc1.CC(C)(C)c1ncccn1.CC(C)(C)n1cccc1.CC(C)(C)n1cccn1.CC(C)(C)n1ccnc1.CC(C)c1ccco1.CC(C)c1ncc[nH]1.Cn1cncc1C(C)(C)C. The summed E-state index contributed by atoms with van der Waals surface area (Å²) in [5, 5.41) is 10.8. The fourth-order valence-electron chi connectivity index (χ4n) is 8.89. The number of imidazole rings is 3. The molecule has 19 nitrogen and oxygen atoms in total. The Kier molecular flexibility index (Phi) is 42.0. The van der Waals surface area contributed by atoms with Gasteiger partial charge in [0.1, 0.15) is 23.7 Å². The van der Waals surface area contributed by atoms with E-state index in [0.29, 0.717) is 11.8 Å². The third-order valence-corrected chi connectivity index (χ3v) is 16.1. The highest BCUT2D eigenvalue weighted by Crippen LogP contribution is 2.25. The Hall–Kier alpha value is -9.78. The molecule has 614 valence electrons. The highest BCUT2D eigenvalue weighted by Gasteiger charge is 2.20. The number of nitrogens with one attached hydrogen (secondary N) is 2. The molecule has 0 aliphatic carbocycles. The Morgan fingerprint density at radius 1 is 0.366 bits per heavy atom. The first-order chi connectivity index (χ1) is 51.6. The van der Waals surface area contributed by atoms with Crippen LogP contribution in [0.15, 0.2) is 232 Å². The van der Waals surface area contributed by atoms with Crippen molar-refractivity contribution in [1.82, 2.24) is 88.5 Å². The molecule has 12 rings (SSSR count). The van der Waals surface area contributed by atoms with E-state index in [1.807, 2.05) is 153 Å². The molecule has 0 bridgehead atoms. The third kappa shape index (κ3) is 43.7. The van der Waals surface area contributed by atoms with Gasteiger partial charge < -0.3 is 23.1 Å². The fourth-order valence-corrected chi connectivity index (χ4v) is 8.89. The maximum Gasteiger partial charge on any atom is 0.133 e. The quantitative estimate of drug-likeness (QED) is 0.165. The first-order valence-corrected chi connectivity index (χ1v) is 38.9.